The molecule has 0 aromatic rings. The number of nitrogens with two attached hydrogens (primary N) is 1. The number of nitrogens with zero attached hydrogens (tertiary/aromatic N) is 1. The van der Waals surface area contributed by atoms with Crippen molar-refractivity contribution in [2.24, 2.45) is 17.6 Å². The summed E-state index contributed by atoms with van der Waals surface area (Å²) in [5.74, 6) is 1.30. The summed E-state index contributed by atoms with van der Waals surface area (Å²) in [5.41, 5.74) is 5.63. The van der Waals surface area contributed by atoms with Crippen molar-refractivity contribution in [1.82, 2.24) is 4.90 Å². The van der Waals surface area contributed by atoms with E-state index in [0.29, 0.717) is 17.9 Å². The maximum absolute atomic E-state index is 5.63. The van der Waals surface area contributed by atoms with Gasteiger partial charge in [0.25, 0.3) is 0 Å². The molecule has 0 saturated carbocycles. The maximum Gasteiger partial charge on any atom is 0.0724 e. The van der Waals surface area contributed by atoms with Gasteiger partial charge in [-0.3, -0.25) is 0 Å². The minimum absolute atomic E-state index is 0.411. The Hall–Kier alpha value is -0.120. The number of methoxy groups -OCH3 is 1. The Bertz CT molecular complexity index is 163. The molecule has 3 nitrogen and oxygen atoms in total. The lowest BCUT2D eigenvalue weighted by molar-refractivity contribution is -0.00825. The standard InChI is InChI=1S/C11H24N2O/c1-9(6-12)7-13-5-4-10(2)11(8-13)14-3/h9-11H,4-8,12H2,1-3H3. The van der Waals surface area contributed by atoms with E-state index in [-0.39, 0.29) is 0 Å². The molecule has 1 heterocycles. The van der Waals surface area contributed by atoms with E-state index in [9.17, 15) is 0 Å². The molecule has 0 amide bonds. The summed E-state index contributed by atoms with van der Waals surface area (Å²) in [6, 6.07) is 0. The van der Waals surface area contributed by atoms with Crippen LogP contribution in [0.5, 0.6) is 0 Å². The molecule has 14 heavy (non-hydrogen) atoms. The fourth-order valence-corrected chi connectivity index (χ4v) is 2.09. The molecule has 2 N–H and O–H groups in total. The maximum atomic E-state index is 5.63. The van der Waals surface area contributed by atoms with E-state index in [1.165, 1.54) is 13.0 Å². The van der Waals surface area contributed by atoms with Crippen molar-refractivity contribution in [1.29, 1.82) is 0 Å². The zero-order chi connectivity index (χ0) is 10.6. The highest BCUT2D eigenvalue weighted by Crippen LogP contribution is 2.19. The van der Waals surface area contributed by atoms with Crippen molar-refractivity contribution < 1.29 is 4.74 Å². The van der Waals surface area contributed by atoms with Crippen molar-refractivity contribution in [3.8, 4) is 0 Å². The summed E-state index contributed by atoms with van der Waals surface area (Å²) in [7, 11) is 1.82. The van der Waals surface area contributed by atoms with Crippen LogP contribution in [0, 0.1) is 11.8 Å². The Labute approximate surface area is 87.6 Å². The van der Waals surface area contributed by atoms with Gasteiger partial charge in [0.05, 0.1) is 6.10 Å². The third kappa shape index (κ3) is 3.23. The highest BCUT2D eigenvalue weighted by molar-refractivity contribution is 4.79. The van der Waals surface area contributed by atoms with E-state index >= 15 is 0 Å². The third-order valence-electron chi connectivity index (χ3n) is 3.25. The molecular formula is C11H24N2O. The smallest absolute Gasteiger partial charge is 0.0724 e. The molecule has 1 rings (SSSR count). The van der Waals surface area contributed by atoms with Gasteiger partial charge in [-0.15, -0.1) is 0 Å². The topological polar surface area (TPSA) is 38.5 Å². The first kappa shape index (κ1) is 12.0. The van der Waals surface area contributed by atoms with Gasteiger partial charge in [0, 0.05) is 20.2 Å². The predicted octanol–water partition coefficient (Wildman–Crippen LogP) is 0.938. The Kier molecular flexibility index (Phi) is 4.85. The lowest BCUT2D eigenvalue weighted by atomic mass is 9.95. The molecule has 0 radical (unpaired) electrons. The van der Waals surface area contributed by atoms with Crippen LogP contribution in [-0.2, 0) is 4.74 Å². The van der Waals surface area contributed by atoms with Crippen LogP contribution in [0.4, 0.5) is 0 Å². The fraction of sp³-hybridized carbons (Fsp3) is 1.00. The molecule has 3 heteroatoms. The van der Waals surface area contributed by atoms with E-state index in [4.69, 9.17) is 10.5 Å². The minimum atomic E-state index is 0.411. The van der Waals surface area contributed by atoms with Crippen molar-refractivity contribution in [2.45, 2.75) is 26.4 Å². The second-order valence-electron chi connectivity index (χ2n) is 4.64. The summed E-state index contributed by atoms with van der Waals surface area (Å²) < 4.78 is 5.48. The summed E-state index contributed by atoms with van der Waals surface area (Å²) >= 11 is 0. The van der Waals surface area contributed by atoms with Crippen LogP contribution in [0.2, 0.25) is 0 Å². The Morgan fingerprint density at radius 2 is 2.29 bits per heavy atom. The zero-order valence-corrected chi connectivity index (χ0v) is 9.70. The van der Waals surface area contributed by atoms with Gasteiger partial charge in [0.1, 0.15) is 0 Å². The normalized spacial score (nSPS) is 31.7. The molecule has 3 atom stereocenters. The van der Waals surface area contributed by atoms with Crippen LogP contribution < -0.4 is 5.73 Å². The number of hydrogen-bond donors (Lipinski definition) is 1. The Balaban J connectivity index is 2.34. The van der Waals surface area contributed by atoms with E-state index in [1.54, 1.807) is 0 Å². The van der Waals surface area contributed by atoms with Crippen LogP contribution in [0.15, 0.2) is 0 Å². The zero-order valence-electron chi connectivity index (χ0n) is 9.70. The van der Waals surface area contributed by atoms with Crippen LogP contribution in [0.3, 0.4) is 0 Å². The van der Waals surface area contributed by atoms with Crippen LogP contribution in [-0.4, -0.2) is 44.3 Å². The number of ether oxygens (including phenoxy) is 1. The molecule has 0 aromatic carbocycles. The molecule has 84 valence electrons. The Morgan fingerprint density at radius 3 is 2.86 bits per heavy atom. The second-order valence-corrected chi connectivity index (χ2v) is 4.64. The monoisotopic (exact) mass is 200 g/mol. The number of piperidine rings is 1. The van der Waals surface area contributed by atoms with Gasteiger partial charge in [-0.25, -0.2) is 0 Å². The Morgan fingerprint density at radius 1 is 1.57 bits per heavy atom. The predicted molar refractivity (Wildman–Crippen MR) is 59.2 cm³/mol. The highest BCUT2D eigenvalue weighted by atomic mass is 16.5. The minimum Gasteiger partial charge on any atom is -0.380 e. The summed E-state index contributed by atoms with van der Waals surface area (Å²) in [6.07, 6.45) is 1.66. The van der Waals surface area contributed by atoms with Gasteiger partial charge in [0.15, 0.2) is 0 Å². The SMILES string of the molecule is COC1CN(CC(C)CN)CCC1C. The molecule has 1 aliphatic rings. The summed E-state index contributed by atoms with van der Waals surface area (Å²) in [5, 5.41) is 0. The molecule has 0 aromatic heterocycles. The fourth-order valence-electron chi connectivity index (χ4n) is 2.09. The third-order valence-corrected chi connectivity index (χ3v) is 3.25. The van der Waals surface area contributed by atoms with Crippen LogP contribution >= 0.6 is 0 Å². The summed E-state index contributed by atoms with van der Waals surface area (Å²) in [4.78, 5) is 2.48. The lowest BCUT2D eigenvalue weighted by Crippen LogP contribution is -2.45. The summed E-state index contributed by atoms with van der Waals surface area (Å²) in [6.45, 7) is 8.65. The number of rotatable bonds is 4. The first-order chi connectivity index (χ1) is 6.67. The molecule has 1 saturated heterocycles. The van der Waals surface area contributed by atoms with Crippen molar-refractivity contribution >= 4 is 0 Å². The van der Waals surface area contributed by atoms with Crippen LogP contribution in [0.1, 0.15) is 20.3 Å². The molecule has 0 aliphatic carbocycles. The average Bonchev–Trinajstić information content (AvgIpc) is 2.20. The first-order valence-corrected chi connectivity index (χ1v) is 5.62. The van der Waals surface area contributed by atoms with Gasteiger partial charge >= 0.3 is 0 Å². The lowest BCUT2D eigenvalue weighted by Gasteiger charge is -2.37. The van der Waals surface area contributed by atoms with E-state index in [2.05, 4.69) is 18.7 Å². The van der Waals surface area contributed by atoms with E-state index in [0.717, 1.165) is 19.6 Å². The van der Waals surface area contributed by atoms with Crippen LogP contribution in [0.25, 0.3) is 0 Å². The van der Waals surface area contributed by atoms with Gasteiger partial charge in [-0.1, -0.05) is 13.8 Å². The molecule has 0 spiro atoms. The van der Waals surface area contributed by atoms with Crippen molar-refractivity contribution in [3.05, 3.63) is 0 Å². The van der Waals surface area contributed by atoms with Gasteiger partial charge in [0.2, 0.25) is 0 Å². The van der Waals surface area contributed by atoms with Gasteiger partial charge in [-0.2, -0.15) is 0 Å². The largest absolute Gasteiger partial charge is 0.380 e. The average molecular weight is 200 g/mol. The van der Waals surface area contributed by atoms with Crippen molar-refractivity contribution in [3.63, 3.8) is 0 Å². The van der Waals surface area contributed by atoms with Crippen molar-refractivity contribution in [2.75, 3.05) is 33.3 Å². The quantitative estimate of drug-likeness (QED) is 0.734. The van der Waals surface area contributed by atoms with E-state index in [1.807, 2.05) is 7.11 Å². The molecule has 1 aliphatic heterocycles. The van der Waals surface area contributed by atoms with Gasteiger partial charge in [-0.05, 0) is 31.3 Å². The van der Waals surface area contributed by atoms with E-state index < -0.39 is 0 Å². The number of likely N-dealkylation sites (tertiary alicyclic amines) is 1. The number of hydrogen-bond acceptors (Lipinski definition) is 3. The molecule has 0 bridgehead atoms. The molecular weight excluding hydrogens is 176 g/mol. The second kappa shape index (κ2) is 5.69. The first-order valence-electron chi connectivity index (χ1n) is 5.62. The van der Waals surface area contributed by atoms with Gasteiger partial charge < -0.3 is 15.4 Å². The molecule has 1 fully saturated rings. The highest BCUT2D eigenvalue weighted by Gasteiger charge is 2.26. The molecule has 3 unspecified atom stereocenters.